The number of halogens is 1. The normalized spacial score (nSPS) is 16.3. The summed E-state index contributed by atoms with van der Waals surface area (Å²) < 4.78 is 18.7. The predicted octanol–water partition coefficient (Wildman–Crippen LogP) is 2.49. The molecule has 0 aliphatic carbocycles. The number of nitrogens with zero attached hydrogens (tertiary/aromatic N) is 2. The van der Waals surface area contributed by atoms with Crippen molar-refractivity contribution in [1.82, 2.24) is 10.2 Å². The molecule has 1 fully saturated rings. The number of hydrogen-bond acceptors (Lipinski definition) is 4. The van der Waals surface area contributed by atoms with Crippen LogP contribution in [0.2, 0.25) is 0 Å². The van der Waals surface area contributed by atoms with Crippen LogP contribution in [0.5, 0.6) is 5.75 Å². The van der Waals surface area contributed by atoms with Crippen molar-refractivity contribution in [1.29, 1.82) is 0 Å². The van der Waals surface area contributed by atoms with Crippen molar-refractivity contribution in [3.63, 3.8) is 0 Å². The van der Waals surface area contributed by atoms with Crippen LogP contribution >= 0.6 is 0 Å². The first-order chi connectivity index (χ1) is 13.9. The van der Waals surface area contributed by atoms with Gasteiger partial charge in [-0.15, -0.1) is 0 Å². The number of urea groups is 1. The summed E-state index contributed by atoms with van der Waals surface area (Å²) >= 11 is 0. The van der Waals surface area contributed by atoms with Gasteiger partial charge in [-0.1, -0.05) is 12.1 Å². The zero-order chi connectivity index (χ0) is 21.0. The smallest absolute Gasteiger partial charge is 0.332 e. The van der Waals surface area contributed by atoms with Crippen molar-refractivity contribution >= 4 is 23.5 Å². The standard InChI is InChI=1S/C21H22FN3O4/c1-14-4-3-5-18(12-14)29-11-10-23-19(26)13-24-20(27)15(2)25(21(24)28)17-8-6-16(22)7-9-17/h3-9,12,15H,10-11,13H2,1-2H3,(H,23,26). The fourth-order valence-electron chi connectivity index (χ4n) is 3.07. The van der Waals surface area contributed by atoms with Gasteiger partial charge < -0.3 is 10.1 Å². The minimum atomic E-state index is -0.773. The zero-order valence-electron chi connectivity index (χ0n) is 16.2. The van der Waals surface area contributed by atoms with Crippen LogP contribution in [0.1, 0.15) is 12.5 Å². The van der Waals surface area contributed by atoms with Crippen molar-refractivity contribution in [2.24, 2.45) is 0 Å². The molecule has 152 valence electrons. The lowest BCUT2D eigenvalue weighted by atomic mass is 10.2. The molecule has 0 radical (unpaired) electrons. The van der Waals surface area contributed by atoms with Crippen molar-refractivity contribution in [2.45, 2.75) is 19.9 Å². The van der Waals surface area contributed by atoms with Crippen LogP contribution in [-0.4, -0.2) is 48.5 Å². The Morgan fingerprint density at radius 1 is 1.17 bits per heavy atom. The topological polar surface area (TPSA) is 79.0 Å². The SMILES string of the molecule is Cc1cccc(OCCNC(=O)CN2C(=O)C(C)N(c3ccc(F)cc3)C2=O)c1. The molecule has 3 rings (SSSR count). The summed E-state index contributed by atoms with van der Waals surface area (Å²) in [5.41, 5.74) is 1.46. The number of hydrogen-bond donors (Lipinski definition) is 1. The molecule has 1 atom stereocenters. The van der Waals surface area contributed by atoms with Gasteiger partial charge in [0, 0.05) is 5.69 Å². The number of amides is 4. The number of anilines is 1. The molecule has 0 bridgehead atoms. The Bertz CT molecular complexity index is 916. The van der Waals surface area contributed by atoms with E-state index in [1.165, 1.54) is 29.2 Å². The fraction of sp³-hybridized carbons (Fsp3) is 0.286. The second kappa shape index (κ2) is 8.72. The van der Waals surface area contributed by atoms with E-state index in [4.69, 9.17) is 4.74 Å². The first-order valence-electron chi connectivity index (χ1n) is 9.23. The van der Waals surface area contributed by atoms with E-state index in [0.717, 1.165) is 10.5 Å². The van der Waals surface area contributed by atoms with Crippen LogP contribution in [0.25, 0.3) is 0 Å². The van der Waals surface area contributed by atoms with Gasteiger partial charge in [0.15, 0.2) is 0 Å². The van der Waals surface area contributed by atoms with Crippen molar-refractivity contribution in [3.05, 3.63) is 59.9 Å². The highest BCUT2D eigenvalue weighted by atomic mass is 19.1. The van der Waals surface area contributed by atoms with E-state index in [0.29, 0.717) is 11.4 Å². The molecule has 1 aliphatic heterocycles. The minimum Gasteiger partial charge on any atom is -0.492 e. The minimum absolute atomic E-state index is 0.236. The average Bonchev–Trinajstić information content (AvgIpc) is 2.90. The van der Waals surface area contributed by atoms with Gasteiger partial charge in [0.25, 0.3) is 5.91 Å². The first-order valence-corrected chi connectivity index (χ1v) is 9.23. The molecule has 0 aromatic heterocycles. The molecule has 0 saturated carbocycles. The van der Waals surface area contributed by atoms with Gasteiger partial charge in [0.05, 0.1) is 6.54 Å². The molecule has 2 aromatic carbocycles. The largest absolute Gasteiger partial charge is 0.492 e. The maximum Gasteiger partial charge on any atom is 0.332 e. The summed E-state index contributed by atoms with van der Waals surface area (Å²) in [5.74, 6) is -0.686. The molecular weight excluding hydrogens is 377 g/mol. The summed E-state index contributed by atoms with van der Waals surface area (Å²) in [6.07, 6.45) is 0. The summed E-state index contributed by atoms with van der Waals surface area (Å²) in [4.78, 5) is 39.4. The number of aryl methyl sites for hydroxylation is 1. The van der Waals surface area contributed by atoms with Crippen LogP contribution < -0.4 is 15.0 Å². The fourth-order valence-corrected chi connectivity index (χ4v) is 3.07. The highest BCUT2D eigenvalue weighted by Crippen LogP contribution is 2.25. The molecule has 2 aromatic rings. The summed E-state index contributed by atoms with van der Waals surface area (Å²) in [6, 6.07) is 11.4. The monoisotopic (exact) mass is 399 g/mol. The van der Waals surface area contributed by atoms with Crippen molar-refractivity contribution in [2.75, 3.05) is 24.6 Å². The van der Waals surface area contributed by atoms with Gasteiger partial charge in [0.1, 0.15) is 30.8 Å². The van der Waals surface area contributed by atoms with Crippen LogP contribution in [0.4, 0.5) is 14.9 Å². The molecule has 8 heteroatoms. The molecule has 4 amide bonds. The summed E-state index contributed by atoms with van der Waals surface area (Å²) in [7, 11) is 0. The van der Waals surface area contributed by atoms with E-state index < -0.39 is 29.7 Å². The van der Waals surface area contributed by atoms with E-state index >= 15 is 0 Å². The van der Waals surface area contributed by atoms with Gasteiger partial charge in [-0.2, -0.15) is 0 Å². The average molecular weight is 399 g/mol. The Kier molecular flexibility index (Phi) is 6.11. The number of benzene rings is 2. The highest BCUT2D eigenvalue weighted by Gasteiger charge is 2.43. The lowest BCUT2D eigenvalue weighted by molar-refractivity contribution is -0.131. The maximum atomic E-state index is 13.1. The molecule has 1 unspecified atom stereocenters. The van der Waals surface area contributed by atoms with E-state index in [1.807, 2.05) is 31.2 Å². The van der Waals surface area contributed by atoms with Gasteiger partial charge in [0.2, 0.25) is 5.91 Å². The van der Waals surface area contributed by atoms with Crippen LogP contribution in [0.3, 0.4) is 0 Å². The molecule has 7 nitrogen and oxygen atoms in total. The molecular formula is C21H22FN3O4. The molecule has 1 aliphatic rings. The number of nitrogens with one attached hydrogen (secondary N) is 1. The third-order valence-corrected chi connectivity index (χ3v) is 4.54. The predicted molar refractivity (Wildman–Crippen MR) is 105 cm³/mol. The second-order valence-corrected chi connectivity index (χ2v) is 6.74. The van der Waals surface area contributed by atoms with Crippen LogP contribution in [-0.2, 0) is 9.59 Å². The number of carbonyl (C=O) groups excluding carboxylic acids is 3. The van der Waals surface area contributed by atoms with Gasteiger partial charge in [-0.3, -0.25) is 19.4 Å². The van der Waals surface area contributed by atoms with Crippen LogP contribution in [0, 0.1) is 12.7 Å². The molecule has 1 heterocycles. The molecule has 1 saturated heterocycles. The van der Waals surface area contributed by atoms with Crippen molar-refractivity contribution in [3.8, 4) is 5.75 Å². The zero-order valence-corrected chi connectivity index (χ0v) is 16.2. The van der Waals surface area contributed by atoms with Gasteiger partial charge >= 0.3 is 6.03 Å². The Hall–Kier alpha value is -3.42. The Balaban J connectivity index is 1.52. The van der Waals surface area contributed by atoms with E-state index in [1.54, 1.807) is 6.92 Å². The number of carbonyl (C=O) groups is 3. The Labute approximate surface area is 168 Å². The quantitative estimate of drug-likeness (QED) is 0.573. The molecule has 0 spiro atoms. The first kappa shape index (κ1) is 20.3. The Morgan fingerprint density at radius 3 is 2.59 bits per heavy atom. The van der Waals surface area contributed by atoms with E-state index in [2.05, 4.69) is 5.32 Å². The lowest BCUT2D eigenvalue weighted by Gasteiger charge is -2.19. The second-order valence-electron chi connectivity index (χ2n) is 6.74. The summed E-state index contributed by atoms with van der Waals surface area (Å²) in [5, 5.41) is 2.63. The third kappa shape index (κ3) is 4.71. The number of ether oxygens (including phenoxy) is 1. The van der Waals surface area contributed by atoms with Gasteiger partial charge in [-0.25, -0.2) is 9.18 Å². The van der Waals surface area contributed by atoms with Crippen LogP contribution in [0.15, 0.2) is 48.5 Å². The third-order valence-electron chi connectivity index (χ3n) is 4.54. The number of imide groups is 1. The van der Waals surface area contributed by atoms with E-state index in [9.17, 15) is 18.8 Å². The number of rotatable bonds is 7. The van der Waals surface area contributed by atoms with E-state index in [-0.39, 0.29) is 19.7 Å². The molecule has 1 N–H and O–H groups in total. The Morgan fingerprint density at radius 2 is 1.90 bits per heavy atom. The highest BCUT2D eigenvalue weighted by molar-refractivity contribution is 6.15. The molecule has 29 heavy (non-hydrogen) atoms. The maximum absolute atomic E-state index is 13.1. The van der Waals surface area contributed by atoms with Gasteiger partial charge in [-0.05, 0) is 55.8 Å². The van der Waals surface area contributed by atoms with Crippen molar-refractivity contribution < 1.29 is 23.5 Å². The summed E-state index contributed by atoms with van der Waals surface area (Å²) in [6.45, 7) is 3.63. The lowest BCUT2D eigenvalue weighted by Crippen LogP contribution is -2.42.